The van der Waals surface area contributed by atoms with Crippen molar-refractivity contribution < 1.29 is 9.53 Å². The number of rotatable bonds is 5. The number of ether oxygens (including phenoxy) is 1. The Hall–Kier alpha value is -1.59. The zero-order chi connectivity index (χ0) is 16.9. The molecule has 0 N–H and O–H groups in total. The molecule has 1 aromatic carbocycles. The van der Waals surface area contributed by atoms with Crippen LogP contribution in [0.15, 0.2) is 24.3 Å². The topological polar surface area (TPSA) is 36.0 Å². The SMILES string of the molecule is CCOc1ccc(CC(=O)N2CC[C@H](N3CCN(C)CC3)C2)cc1. The monoisotopic (exact) mass is 331 g/mol. The molecule has 2 saturated heterocycles. The van der Waals surface area contributed by atoms with Crippen LogP contribution >= 0.6 is 0 Å². The Bertz CT molecular complexity index is 538. The van der Waals surface area contributed by atoms with Gasteiger partial charge in [0.15, 0.2) is 0 Å². The minimum atomic E-state index is 0.246. The van der Waals surface area contributed by atoms with Gasteiger partial charge in [-0.3, -0.25) is 9.69 Å². The molecule has 2 heterocycles. The molecule has 5 heteroatoms. The standard InChI is InChI=1S/C19H29N3O2/c1-3-24-18-6-4-16(5-7-18)14-19(23)22-9-8-17(15-22)21-12-10-20(2)11-13-21/h4-7,17H,3,8-15H2,1-2H3/t17-/m0/s1. The first kappa shape index (κ1) is 17.2. The van der Waals surface area contributed by atoms with E-state index in [1.807, 2.05) is 36.1 Å². The molecule has 0 unspecified atom stereocenters. The van der Waals surface area contributed by atoms with E-state index in [9.17, 15) is 4.79 Å². The van der Waals surface area contributed by atoms with Crippen LogP contribution in [-0.4, -0.2) is 79.6 Å². The van der Waals surface area contributed by atoms with Gasteiger partial charge in [-0.25, -0.2) is 0 Å². The Balaban J connectivity index is 1.49. The van der Waals surface area contributed by atoms with Gasteiger partial charge in [0, 0.05) is 45.3 Å². The predicted molar refractivity (Wildman–Crippen MR) is 95.4 cm³/mol. The fraction of sp³-hybridized carbons (Fsp3) is 0.632. The molecule has 2 fully saturated rings. The molecule has 2 aliphatic rings. The maximum atomic E-state index is 12.6. The Morgan fingerprint density at radius 1 is 1.12 bits per heavy atom. The van der Waals surface area contributed by atoms with Crippen molar-refractivity contribution in [3.63, 3.8) is 0 Å². The van der Waals surface area contributed by atoms with E-state index in [0.29, 0.717) is 19.1 Å². The highest BCUT2D eigenvalue weighted by Crippen LogP contribution is 2.19. The van der Waals surface area contributed by atoms with E-state index in [0.717, 1.165) is 57.0 Å². The highest BCUT2D eigenvalue weighted by atomic mass is 16.5. The molecule has 0 spiro atoms. The molecule has 2 aliphatic heterocycles. The van der Waals surface area contributed by atoms with E-state index in [1.54, 1.807) is 0 Å². The summed E-state index contributed by atoms with van der Waals surface area (Å²) < 4.78 is 5.45. The number of likely N-dealkylation sites (tertiary alicyclic amines) is 1. The summed E-state index contributed by atoms with van der Waals surface area (Å²) in [5.41, 5.74) is 1.06. The summed E-state index contributed by atoms with van der Waals surface area (Å²) in [6, 6.07) is 8.43. The van der Waals surface area contributed by atoms with E-state index in [-0.39, 0.29) is 5.91 Å². The summed E-state index contributed by atoms with van der Waals surface area (Å²) in [7, 11) is 2.18. The lowest BCUT2D eigenvalue weighted by atomic mass is 10.1. The Morgan fingerprint density at radius 2 is 1.83 bits per heavy atom. The zero-order valence-corrected chi connectivity index (χ0v) is 14.9. The first-order valence-electron chi connectivity index (χ1n) is 9.08. The molecule has 0 aromatic heterocycles. The minimum Gasteiger partial charge on any atom is -0.494 e. The second-order valence-corrected chi connectivity index (χ2v) is 6.88. The van der Waals surface area contributed by atoms with Gasteiger partial charge in [0.1, 0.15) is 5.75 Å². The third kappa shape index (κ3) is 4.28. The van der Waals surface area contributed by atoms with Crippen molar-refractivity contribution in [1.29, 1.82) is 0 Å². The summed E-state index contributed by atoms with van der Waals surface area (Å²) in [6.45, 7) is 8.95. The van der Waals surface area contributed by atoms with Crippen molar-refractivity contribution in [2.45, 2.75) is 25.8 Å². The Morgan fingerprint density at radius 3 is 2.50 bits per heavy atom. The van der Waals surface area contributed by atoms with Crippen LogP contribution in [0.25, 0.3) is 0 Å². The molecular weight excluding hydrogens is 302 g/mol. The van der Waals surface area contributed by atoms with Gasteiger partial charge in [-0.05, 0) is 38.1 Å². The highest BCUT2D eigenvalue weighted by molar-refractivity contribution is 5.79. The van der Waals surface area contributed by atoms with Gasteiger partial charge in [0.25, 0.3) is 0 Å². The van der Waals surface area contributed by atoms with Crippen LogP contribution < -0.4 is 4.74 Å². The average Bonchev–Trinajstić information content (AvgIpc) is 3.08. The first-order chi connectivity index (χ1) is 11.7. The van der Waals surface area contributed by atoms with E-state index < -0.39 is 0 Å². The molecule has 0 saturated carbocycles. The second-order valence-electron chi connectivity index (χ2n) is 6.88. The van der Waals surface area contributed by atoms with Crippen molar-refractivity contribution in [2.24, 2.45) is 0 Å². The summed E-state index contributed by atoms with van der Waals surface area (Å²) in [4.78, 5) is 19.5. The van der Waals surface area contributed by atoms with Gasteiger partial charge in [0.2, 0.25) is 5.91 Å². The van der Waals surface area contributed by atoms with E-state index in [1.165, 1.54) is 0 Å². The molecule has 24 heavy (non-hydrogen) atoms. The number of amides is 1. The number of likely N-dealkylation sites (N-methyl/N-ethyl adjacent to an activating group) is 1. The predicted octanol–water partition coefficient (Wildman–Crippen LogP) is 1.48. The Labute approximate surface area is 145 Å². The summed E-state index contributed by atoms with van der Waals surface area (Å²) in [6.07, 6.45) is 1.60. The summed E-state index contributed by atoms with van der Waals surface area (Å²) in [5.74, 6) is 1.11. The smallest absolute Gasteiger partial charge is 0.227 e. The lowest BCUT2D eigenvalue weighted by Crippen LogP contribution is -2.50. The molecule has 132 valence electrons. The average molecular weight is 331 g/mol. The summed E-state index contributed by atoms with van der Waals surface area (Å²) >= 11 is 0. The quantitative estimate of drug-likeness (QED) is 0.819. The lowest BCUT2D eigenvalue weighted by molar-refractivity contribution is -0.129. The fourth-order valence-corrected chi connectivity index (χ4v) is 3.61. The number of nitrogens with zero attached hydrogens (tertiary/aromatic N) is 3. The highest BCUT2D eigenvalue weighted by Gasteiger charge is 2.31. The van der Waals surface area contributed by atoms with Gasteiger partial charge in [0.05, 0.1) is 13.0 Å². The maximum Gasteiger partial charge on any atom is 0.227 e. The number of benzene rings is 1. The lowest BCUT2D eigenvalue weighted by Gasteiger charge is -2.36. The normalized spacial score (nSPS) is 22.8. The van der Waals surface area contributed by atoms with Crippen LogP contribution in [-0.2, 0) is 11.2 Å². The van der Waals surface area contributed by atoms with Gasteiger partial charge >= 0.3 is 0 Å². The van der Waals surface area contributed by atoms with Gasteiger partial charge in [-0.1, -0.05) is 12.1 Å². The van der Waals surface area contributed by atoms with Crippen LogP contribution in [0.3, 0.4) is 0 Å². The molecule has 3 rings (SSSR count). The third-order valence-corrected chi connectivity index (χ3v) is 5.16. The van der Waals surface area contributed by atoms with Crippen LogP contribution in [0.1, 0.15) is 18.9 Å². The second kappa shape index (κ2) is 7.99. The van der Waals surface area contributed by atoms with Crippen molar-refractivity contribution in [1.82, 2.24) is 14.7 Å². The van der Waals surface area contributed by atoms with E-state index >= 15 is 0 Å². The van der Waals surface area contributed by atoms with Gasteiger partial charge in [-0.15, -0.1) is 0 Å². The molecule has 5 nitrogen and oxygen atoms in total. The summed E-state index contributed by atoms with van der Waals surface area (Å²) in [5, 5.41) is 0. The van der Waals surface area contributed by atoms with Crippen LogP contribution in [0.5, 0.6) is 5.75 Å². The molecule has 1 atom stereocenters. The van der Waals surface area contributed by atoms with Crippen LogP contribution in [0.4, 0.5) is 0 Å². The number of carbonyl (C=O) groups is 1. The third-order valence-electron chi connectivity index (χ3n) is 5.16. The first-order valence-corrected chi connectivity index (χ1v) is 9.08. The fourth-order valence-electron chi connectivity index (χ4n) is 3.61. The molecule has 0 aliphatic carbocycles. The largest absolute Gasteiger partial charge is 0.494 e. The van der Waals surface area contributed by atoms with Crippen LogP contribution in [0.2, 0.25) is 0 Å². The van der Waals surface area contributed by atoms with Gasteiger partial charge < -0.3 is 14.5 Å². The van der Waals surface area contributed by atoms with Gasteiger partial charge in [-0.2, -0.15) is 0 Å². The molecule has 0 radical (unpaired) electrons. The number of hydrogen-bond donors (Lipinski definition) is 0. The molecule has 1 amide bonds. The molecule has 1 aromatic rings. The van der Waals surface area contributed by atoms with Crippen molar-refractivity contribution in [3.05, 3.63) is 29.8 Å². The molecule has 0 bridgehead atoms. The number of piperazine rings is 1. The maximum absolute atomic E-state index is 12.6. The van der Waals surface area contributed by atoms with Crippen molar-refractivity contribution in [2.75, 3.05) is 52.9 Å². The Kier molecular flexibility index (Phi) is 5.74. The van der Waals surface area contributed by atoms with Crippen LogP contribution in [0, 0.1) is 0 Å². The van der Waals surface area contributed by atoms with E-state index in [4.69, 9.17) is 4.74 Å². The van der Waals surface area contributed by atoms with E-state index in [2.05, 4.69) is 16.8 Å². The minimum absolute atomic E-state index is 0.246. The molecular formula is C19H29N3O2. The zero-order valence-electron chi connectivity index (χ0n) is 14.9. The number of carbonyl (C=O) groups excluding carboxylic acids is 1. The van der Waals surface area contributed by atoms with Crippen molar-refractivity contribution in [3.8, 4) is 5.75 Å². The van der Waals surface area contributed by atoms with Crippen molar-refractivity contribution >= 4 is 5.91 Å². The number of hydrogen-bond acceptors (Lipinski definition) is 4.